The zero-order chi connectivity index (χ0) is 14.9. The van der Waals surface area contributed by atoms with Gasteiger partial charge >= 0.3 is 0 Å². The average molecular weight is 441 g/mol. The monoisotopic (exact) mass is 439 g/mol. The molecule has 108 valence electrons. The van der Waals surface area contributed by atoms with Gasteiger partial charge < -0.3 is 5.11 Å². The van der Waals surface area contributed by atoms with E-state index in [0.717, 1.165) is 5.56 Å². The Balaban J connectivity index is 2.40. The number of halogens is 2. The van der Waals surface area contributed by atoms with Gasteiger partial charge in [-0.3, -0.25) is 4.72 Å². The molecule has 0 spiro atoms. The first-order valence-electron chi connectivity index (χ1n) is 5.52. The molecule has 1 aromatic heterocycles. The van der Waals surface area contributed by atoms with Gasteiger partial charge in [-0.2, -0.15) is 0 Å². The van der Waals surface area contributed by atoms with Crippen LogP contribution in [-0.2, 0) is 16.6 Å². The van der Waals surface area contributed by atoms with Crippen molar-refractivity contribution in [3.8, 4) is 0 Å². The molecule has 0 fully saturated rings. The maximum absolute atomic E-state index is 12.4. The minimum atomic E-state index is -3.70. The van der Waals surface area contributed by atoms with Gasteiger partial charge in [0.05, 0.1) is 16.1 Å². The summed E-state index contributed by atoms with van der Waals surface area (Å²) in [5, 5.41) is 9.08. The molecule has 20 heavy (non-hydrogen) atoms. The van der Waals surface area contributed by atoms with Crippen LogP contribution in [0.2, 0.25) is 0 Å². The zero-order valence-corrected chi connectivity index (χ0v) is 15.2. The Hall–Kier alpha value is -0.410. The van der Waals surface area contributed by atoms with Crippen LogP contribution in [0.5, 0.6) is 0 Å². The number of anilines is 1. The standard InChI is InChI=1S/C12H11Br2NO3S2/c1-7-3-2-4-9(11(7)13)15-20(17,18)10-5-8(6-16)19-12(10)14/h2-5,15-16H,6H2,1H3. The molecule has 8 heteroatoms. The molecule has 1 heterocycles. The molecule has 0 saturated heterocycles. The van der Waals surface area contributed by atoms with E-state index >= 15 is 0 Å². The molecule has 1 aromatic carbocycles. The van der Waals surface area contributed by atoms with Crippen molar-refractivity contribution in [2.75, 3.05) is 4.72 Å². The molecule has 0 radical (unpaired) electrons. The van der Waals surface area contributed by atoms with Crippen molar-refractivity contribution in [1.29, 1.82) is 0 Å². The maximum Gasteiger partial charge on any atom is 0.263 e. The number of thiophene rings is 1. The molecule has 0 atom stereocenters. The van der Waals surface area contributed by atoms with Crippen LogP contribution in [0, 0.1) is 6.92 Å². The van der Waals surface area contributed by atoms with E-state index in [0.29, 0.717) is 18.8 Å². The van der Waals surface area contributed by atoms with Crippen molar-refractivity contribution in [2.24, 2.45) is 0 Å². The van der Waals surface area contributed by atoms with Crippen LogP contribution in [0.25, 0.3) is 0 Å². The fourth-order valence-corrected chi connectivity index (χ4v) is 5.70. The summed E-state index contributed by atoms with van der Waals surface area (Å²) in [5.41, 5.74) is 1.42. The number of aliphatic hydroxyl groups excluding tert-OH is 1. The maximum atomic E-state index is 12.4. The molecule has 2 aromatic rings. The van der Waals surface area contributed by atoms with E-state index in [1.54, 1.807) is 12.1 Å². The predicted molar refractivity (Wildman–Crippen MR) is 87.6 cm³/mol. The number of hydrogen-bond donors (Lipinski definition) is 2. The summed E-state index contributed by atoms with van der Waals surface area (Å²) in [5.74, 6) is 0. The smallest absolute Gasteiger partial charge is 0.263 e. The number of nitrogens with one attached hydrogen (secondary N) is 1. The second kappa shape index (κ2) is 6.15. The molecule has 0 aliphatic rings. The SMILES string of the molecule is Cc1cccc(NS(=O)(=O)c2cc(CO)sc2Br)c1Br. The molecule has 0 amide bonds. The van der Waals surface area contributed by atoms with Crippen LogP contribution in [0.1, 0.15) is 10.4 Å². The van der Waals surface area contributed by atoms with Crippen LogP contribution in [0.4, 0.5) is 5.69 Å². The molecule has 0 aliphatic carbocycles. The summed E-state index contributed by atoms with van der Waals surface area (Å²) in [7, 11) is -3.70. The normalized spacial score (nSPS) is 11.6. The van der Waals surface area contributed by atoms with Crippen molar-refractivity contribution >= 4 is 58.9 Å². The summed E-state index contributed by atoms with van der Waals surface area (Å²) >= 11 is 7.78. The van der Waals surface area contributed by atoms with Crippen LogP contribution >= 0.6 is 43.2 Å². The summed E-state index contributed by atoms with van der Waals surface area (Å²) in [6.07, 6.45) is 0. The molecule has 0 aliphatic heterocycles. The molecule has 2 rings (SSSR count). The van der Waals surface area contributed by atoms with Gasteiger partial charge in [-0.15, -0.1) is 11.3 Å². The van der Waals surface area contributed by atoms with Crippen LogP contribution < -0.4 is 4.72 Å². The van der Waals surface area contributed by atoms with Gasteiger partial charge in [0, 0.05) is 9.35 Å². The van der Waals surface area contributed by atoms with Gasteiger partial charge in [0.2, 0.25) is 0 Å². The Bertz CT molecular complexity index is 741. The minimum absolute atomic E-state index is 0.125. The lowest BCUT2D eigenvalue weighted by Gasteiger charge is -2.10. The third-order valence-electron chi connectivity index (χ3n) is 2.59. The van der Waals surface area contributed by atoms with Crippen molar-refractivity contribution in [3.05, 3.63) is 43.0 Å². The van der Waals surface area contributed by atoms with Gasteiger partial charge in [0.25, 0.3) is 10.0 Å². The lowest BCUT2D eigenvalue weighted by molar-refractivity contribution is 0.285. The van der Waals surface area contributed by atoms with E-state index in [1.165, 1.54) is 17.4 Å². The highest BCUT2D eigenvalue weighted by atomic mass is 79.9. The third kappa shape index (κ3) is 3.25. The summed E-state index contributed by atoms with van der Waals surface area (Å²) in [6, 6.07) is 6.80. The van der Waals surface area contributed by atoms with E-state index in [9.17, 15) is 8.42 Å². The number of rotatable bonds is 4. The van der Waals surface area contributed by atoms with E-state index in [2.05, 4.69) is 36.6 Å². The zero-order valence-electron chi connectivity index (χ0n) is 10.4. The Morgan fingerprint density at radius 3 is 2.65 bits per heavy atom. The van der Waals surface area contributed by atoms with E-state index < -0.39 is 10.0 Å². The Morgan fingerprint density at radius 2 is 2.05 bits per heavy atom. The summed E-state index contributed by atoms with van der Waals surface area (Å²) < 4.78 is 28.5. The minimum Gasteiger partial charge on any atom is -0.391 e. The first-order valence-corrected chi connectivity index (χ1v) is 9.40. The molecule has 0 bridgehead atoms. The average Bonchev–Trinajstić information content (AvgIpc) is 2.77. The van der Waals surface area contributed by atoms with Gasteiger partial charge in [-0.1, -0.05) is 12.1 Å². The lowest BCUT2D eigenvalue weighted by Crippen LogP contribution is -2.13. The van der Waals surface area contributed by atoms with Crippen molar-refractivity contribution in [1.82, 2.24) is 0 Å². The van der Waals surface area contributed by atoms with E-state index in [1.807, 2.05) is 13.0 Å². The second-order valence-corrected chi connectivity index (χ2v) is 8.95. The number of benzene rings is 1. The molecular weight excluding hydrogens is 430 g/mol. The highest BCUT2D eigenvalue weighted by molar-refractivity contribution is 9.11. The van der Waals surface area contributed by atoms with Gasteiger partial charge in [-0.05, 0) is 56.5 Å². The topological polar surface area (TPSA) is 66.4 Å². The lowest BCUT2D eigenvalue weighted by atomic mass is 10.2. The van der Waals surface area contributed by atoms with Gasteiger partial charge in [0.1, 0.15) is 4.90 Å². The Morgan fingerprint density at radius 1 is 1.35 bits per heavy atom. The third-order valence-corrected chi connectivity index (χ3v) is 7.24. The number of aryl methyl sites for hydroxylation is 1. The number of hydrogen-bond acceptors (Lipinski definition) is 4. The molecular formula is C12H11Br2NO3S2. The van der Waals surface area contributed by atoms with Gasteiger partial charge in [0.15, 0.2) is 0 Å². The highest BCUT2D eigenvalue weighted by Gasteiger charge is 2.22. The molecule has 0 unspecified atom stereocenters. The Labute approximate surface area is 138 Å². The first kappa shape index (κ1) is 16.0. The van der Waals surface area contributed by atoms with Crippen molar-refractivity contribution < 1.29 is 13.5 Å². The fourth-order valence-electron chi connectivity index (χ4n) is 1.58. The second-order valence-electron chi connectivity index (χ2n) is 4.05. The number of sulfonamides is 1. The van der Waals surface area contributed by atoms with E-state index in [4.69, 9.17) is 5.11 Å². The first-order chi connectivity index (χ1) is 9.35. The molecule has 4 nitrogen and oxygen atoms in total. The van der Waals surface area contributed by atoms with E-state index in [-0.39, 0.29) is 11.5 Å². The van der Waals surface area contributed by atoms with Crippen LogP contribution in [0.3, 0.4) is 0 Å². The molecule has 2 N–H and O–H groups in total. The summed E-state index contributed by atoms with van der Waals surface area (Å²) in [4.78, 5) is 0.709. The largest absolute Gasteiger partial charge is 0.391 e. The Kier molecular flexibility index (Phi) is 4.91. The van der Waals surface area contributed by atoms with Crippen LogP contribution in [0.15, 0.2) is 37.4 Å². The number of aliphatic hydroxyl groups is 1. The van der Waals surface area contributed by atoms with Crippen molar-refractivity contribution in [3.63, 3.8) is 0 Å². The molecule has 0 saturated carbocycles. The highest BCUT2D eigenvalue weighted by Crippen LogP contribution is 2.34. The van der Waals surface area contributed by atoms with Crippen LogP contribution in [-0.4, -0.2) is 13.5 Å². The quantitative estimate of drug-likeness (QED) is 0.758. The van der Waals surface area contributed by atoms with Crippen molar-refractivity contribution in [2.45, 2.75) is 18.4 Å². The van der Waals surface area contributed by atoms with Gasteiger partial charge in [-0.25, -0.2) is 8.42 Å². The predicted octanol–water partition coefficient (Wildman–Crippen LogP) is 3.87. The fraction of sp³-hybridized carbons (Fsp3) is 0.167. The summed E-state index contributed by atoms with van der Waals surface area (Å²) in [6.45, 7) is 1.69.